The zero-order chi connectivity index (χ0) is 17.3. The number of hydrogen-bond acceptors (Lipinski definition) is 3. The molecule has 0 aliphatic rings. The van der Waals surface area contributed by atoms with Crippen molar-refractivity contribution >= 4 is 29.1 Å². The van der Waals surface area contributed by atoms with Crippen LogP contribution >= 0.6 is 12.4 Å². The van der Waals surface area contributed by atoms with Crippen LogP contribution in [0.3, 0.4) is 0 Å². The highest BCUT2D eigenvalue weighted by atomic mass is 35.5. The van der Waals surface area contributed by atoms with Gasteiger partial charge in [0.05, 0.1) is 5.69 Å². The Bertz CT molecular complexity index is 897. The molecule has 3 aromatic rings. The lowest BCUT2D eigenvalue weighted by atomic mass is 10.0. The molecular formula is C17H14ClF4N3. The summed E-state index contributed by atoms with van der Waals surface area (Å²) in [6.45, 7) is 0. The molecule has 25 heavy (non-hydrogen) atoms. The Labute approximate surface area is 147 Å². The molecule has 0 amide bonds. The third-order valence-corrected chi connectivity index (χ3v) is 3.61. The van der Waals surface area contributed by atoms with Crippen molar-refractivity contribution in [2.45, 2.75) is 19.0 Å². The minimum Gasteiger partial charge on any atom is -0.368 e. The molecule has 0 unspecified atom stereocenters. The molecule has 0 aliphatic heterocycles. The van der Waals surface area contributed by atoms with Crippen LogP contribution in [0.1, 0.15) is 12.1 Å². The van der Waals surface area contributed by atoms with Gasteiger partial charge in [-0.2, -0.15) is 13.2 Å². The van der Waals surface area contributed by atoms with Crippen LogP contribution in [0.15, 0.2) is 42.5 Å². The number of benzene rings is 2. The summed E-state index contributed by atoms with van der Waals surface area (Å²) in [5.74, 6) is -0.494. The van der Waals surface area contributed by atoms with Crippen LogP contribution in [0.2, 0.25) is 0 Å². The summed E-state index contributed by atoms with van der Waals surface area (Å²) in [7, 11) is 0. The fourth-order valence-corrected chi connectivity index (χ4v) is 2.54. The molecule has 0 saturated heterocycles. The van der Waals surface area contributed by atoms with Crippen LogP contribution in [-0.4, -0.2) is 16.1 Å². The third kappa shape index (κ3) is 4.36. The number of nitrogens with zero attached hydrogens (tertiary/aromatic N) is 2. The highest BCUT2D eigenvalue weighted by molar-refractivity contribution is 5.96. The Morgan fingerprint density at radius 2 is 1.64 bits per heavy atom. The molecule has 3 rings (SSSR count). The molecule has 0 saturated carbocycles. The lowest BCUT2D eigenvalue weighted by Gasteiger charge is -2.10. The zero-order valence-corrected chi connectivity index (χ0v) is 13.7. The first-order valence-corrected chi connectivity index (χ1v) is 7.21. The minimum atomic E-state index is -4.28. The van der Waals surface area contributed by atoms with Gasteiger partial charge in [0.15, 0.2) is 0 Å². The van der Waals surface area contributed by atoms with Gasteiger partial charge in [0.2, 0.25) is 5.95 Å². The molecule has 132 valence electrons. The first-order valence-electron chi connectivity index (χ1n) is 7.21. The molecule has 0 radical (unpaired) electrons. The summed E-state index contributed by atoms with van der Waals surface area (Å²) in [6, 6.07) is 11.1. The molecule has 1 aromatic heterocycles. The first kappa shape index (κ1) is 18.9. The van der Waals surface area contributed by atoms with Gasteiger partial charge in [-0.15, -0.1) is 12.4 Å². The van der Waals surface area contributed by atoms with Crippen LogP contribution < -0.4 is 5.73 Å². The van der Waals surface area contributed by atoms with Crippen molar-refractivity contribution < 1.29 is 17.6 Å². The van der Waals surface area contributed by atoms with E-state index in [0.29, 0.717) is 22.0 Å². The number of anilines is 1. The SMILES string of the molecule is Cl.Nc1nc(CCC(F)(F)F)cc(-c2ccc(F)c3ccccc23)n1. The van der Waals surface area contributed by atoms with Crippen molar-refractivity contribution in [2.24, 2.45) is 0 Å². The minimum absolute atomic E-state index is 0. The van der Waals surface area contributed by atoms with Crippen LogP contribution in [-0.2, 0) is 6.42 Å². The predicted molar refractivity (Wildman–Crippen MR) is 91.0 cm³/mol. The van der Waals surface area contributed by atoms with Gasteiger partial charge in [0, 0.05) is 23.1 Å². The second-order valence-electron chi connectivity index (χ2n) is 5.36. The number of rotatable bonds is 3. The number of fused-ring (bicyclic) bond motifs is 1. The Kier molecular flexibility index (Phi) is 5.47. The molecule has 0 atom stereocenters. The summed E-state index contributed by atoms with van der Waals surface area (Å²) in [6.07, 6.45) is -5.56. The molecule has 0 spiro atoms. The van der Waals surface area contributed by atoms with Gasteiger partial charge in [-0.3, -0.25) is 0 Å². The Morgan fingerprint density at radius 3 is 2.32 bits per heavy atom. The highest BCUT2D eigenvalue weighted by Crippen LogP contribution is 2.30. The van der Waals surface area contributed by atoms with E-state index >= 15 is 0 Å². The monoisotopic (exact) mass is 371 g/mol. The fraction of sp³-hybridized carbons (Fsp3) is 0.176. The van der Waals surface area contributed by atoms with Crippen LogP contribution in [0.5, 0.6) is 0 Å². The molecule has 2 N–H and O–H groups in total. The number of nitrogen functional groups attached to an aromatic ring is 1. The summed E-state index contributed by atoms with van der Waals surface area (Å²) in [5, 5.41) is 1.02. The van der Waals surface area contributed by atoms with Crippen molar-refractivity contribution in [3.8, 4) is 11.3 Å². The van der Waals surface area contributed by atoms with Crippen LogP contribution in [0.4, 0.5) is 23.5 Å². The van der Waals surface area contributed by atoms with Crippen molar-refractivity contribution in [3.63, 3.8) is 0 Å². The second kappa shape index (κ2) is 7.23. The molecule has 2 aromatic carbocycles. The molecule has 3 nitrogen and oxygen atoms in total. The summed E-state index contributed by atoms with van der Waals surface area (Å²) >= 11 is 0. The number of nitrogens with two attached hydrogens (primary N) is 1. The van der Waals surface area contributed by atoms with E-state index in [4.69, 9.17) is 5.73 Å². The van der Waals surface area contributed by atoms with Crippen molar-refractivity contribution in [3.05, 3.63) is 54.0 Å². The summed E-state index contributed by atoms with van der Waals surface area (Å²) < 4.78 is 51.1. The number of hydrogen-bond donors (Lipinski definition) is 1. The maximum Gasteiger partial charge on any atom is 0.389 e. The Hall–Kier alpha value is -2.41. The zero-order valence-electron chi connectivity index (χ0n) is 12.8. The van der Waals surface area contributed by atoms with Gasteiger partial charge in [-0.1, -0.05) is 24.3 Å². The molecule has 0 fully saturated rings. The fourth-order valence-electron chi connectivity index (χ4n) is 2.54. The number of alkyl halides is 3. The number of halogens is 5. The van der Waals surface area contributed by atoms with E-state index in [9.17, 15) is 17.6 Å². The standard InChI is InChI=1S/C17H13F4N3.ClH/c18-14-6-5-13(11-3-1-2-4-12(11)14)15-9-10(23-16(22)24-15)7-8-17(19,20)21;/h1-6,9H,7-8H2,(H2,22,23,24);1H. The van der Waals surface area contributed by atoms with Gasteiger partial charge < -0.3 is 5.73 Å². The van der Waals surface area contributed by atoms with E-state index in [-0.39, 0.29) is 36.3 Å². The maximum absolute atomic E-state index is 13.9. The molecule has 0 aliphatic carbocycles. The van der Waals surface area contributed by atoms with E-state index < -0.39 is 12.6 Å². The summed E-state index contributed by atoms with van der Waals surface area (Å²) in [5.41, 5.74) is 6.79. The highest BCUT2D eigenvalue weighted by Gasteiger charge is 2.27. The number of aromatic nitrogens is 2. The third-order valence-electron chi connectivity index (χ3n) is 3.61. The van der Waals surface area contributed by atoms with Crippen molar-refractivity contribution in [2.75, 3.05) is 5.73 Å². The van der Waals surface area contributed by atoms with E-state index in [1.165, 1.54) is 18.2 Å². The van der Waals surface area contributed by atoms with E-state index in [0.717, 1.165) is 0 Å². The van der Waals surface area contributed by atoms with E-state index in [1.807, 2.05) is 0 Å². The van der Waals surface area contributed by atoms with E-state index in [2.05, 4.69) is 9.97 Å². The van der Waals surface area contributed by atoms with Gasteiger partial charge in [-0.05, 0) is 30.0 Å². The molecule has 1 heterocycles. The van der Waals surface area contributed by atoms with Gasteiger partial charge in [0.1, 0.15) is 5.82 Å². The van der Waals surface area contributed by atoms with Crippen molar-refractivity contribution in [1.82, 2.24) is 9.97 Å². The lowest BCUT2D eigenvalue weighted by molar-refractivity contribution is -0.134. The second-order valence-corrected chi connectivity index (χ2v) is 5.36. The largest absolute Gasteiger partial charge is 0.389 e. The van der Waals surface area contributed by atoms with Crippen LogP contribution in [0, 0.1) is 5.82 Å². The van der Waals surface area contributed by atoms with Gasteiger partial charge in [0.25, 0.3) is 0 Å². The van der Waals surface area contributed by atoms with Gasteiger partial charge in [-0.25, -0.2) is 14.4 Å². The maximum atomic E-state index is 13.9. The van der Waals surface area contributed by atoms with Crippen molar-refractivity contribution in [1.29, 1.82) is 0 Å². The molecular weight excluding hydrogens is 358 g/mol. The quantitative estimate of drug-likeness (QED) is 0.664. The summed E-state index contributed by atoms with van der Waals surface area (Å²) in [4.78, 5) is 7.94. The Balaban J connectivity index is 0.00000225. The average molecular weight is 372 g/mol. The average Bonchev–Trinajstić information content (AvgIpc) is 2.52. The lowest BCUT2D eigenvalue weighted by Crippen LogP contribution is -2.10. The van der Waals surface area contributed by atoms with E-state index in [1.54, 1.807) is 24.3 Å². The van der Waals surface area contributed by atoms with Gasteiger partial charge >= 0.3 is 6.18 Å². The Morgan fingerprint density at radius 1 is 0.960 bits per heavy atom. The number of aryl methyl sites for hydroxylation is 1. The first-order chi connectivity index (χ1) is 11.3. The normalized spacial score (nSPS) is 11.4. The smallest absolute Gasteiger partial charge is 0.368 e. The molecule has 0 bridgehead atoms. The predicted octanol–water partition coefficient (Wildman–Crippen LogP) is 4.93. The van der Waals surface area contributed by atoms with Crippen LogP contribution in [0.25, 0.3) is 22.0 Å². The topological polar surface area (TPSA) is 51.8 Å². The molecule has 8 heteroatoms.